The number of aryl methyl sites for hydroxylation is 1. The van der Waals surface area contributed by atoms with Gasteiger partial charge in [0, 0.05) is 48.5 Å². The Balaban J connectivity index is 0.709. The molecule has 6 aromatic rings. The molecule has 0 bridgehead atoms. The van der Waals surface area contributed by atoms with E-state index in [2.05, 4.69) is 23.2 Å². The molecule has 3 heterocycles. The molecule has 0 saturated carbocycles. The number of nitrogens with zero attached hydrogens (tertiary/aromatic N) is 2. The van der Waals surface area contributed by atoms with Crippen LogP contribution in [0.2, 0.25) is 0 Å². The highest BCUT2D eigenvalue weighted by Crippen LogP contribution is 2.38. The van der Waals surface area contributed by atoms with Gasteiger partial charge in [-0.2, -0.15) is 0 Å². The van der Waals surface area contributed by atoms with E-state index in [1.54, 1.807) is 12.1 Å². The Labute approximate surface area is 303 Å². The zero-order valence-electron chi connectivity index (χ0n) is 29.1. The van der Waals surface area contributed by atoms with Gasteiger partial charge in [-0.1, -0.05) is 49.0 Å². The molecule has 9 heteroatoms. The lowest BCUT2D eigenvalue weighted by molar-refractivity contribution is 0.102. The molecule has 9 nitrogen and oxygen atoms in total. The van der Waals surface area contributed by atoms with E-state index >= 15 is 0 Å². The minimum absolute atomic E-state index is 0.0579. The Morgan fingerprint density at radius 1 is 0.769 bits per heavy atom. The molecule has 0 aliphatic carbocycles. The molecule has 4 aromatic carbocycles. The van der Waals surface area contributed by atoms with Crippen LogP contribution in [-0.4, -0.2) is 44.2 Å². The molecule has 0 fully saturated rings. The van der Waals surface area contributed by atoms with E-state index in [1.807, 2.05) is 95.7 Å². The van der Waals surface area contributed by atoms with Crippen molar-refractivity contribution in [2.24, 2.45) is 0 Å². The van der Waals surface area contributed by atoms with Crippen LogP contribution in [0.3, 0.4) is 0 Å². The van der Waals surface area contributed by atoms with E-state index in [9.17, 15) is 4.79 Å². The minimum Gasteiger partial charge on any atom is -0.598 e. The smallest absolute Gasteiger partial charge is 0.193 e. The summed E-state index contributed by atoms with van der Waals surface area (Å²) in [7, 11) is 0. The summed E-state index contributed by atoms with van der Waals surface area (Å²) in [5.74, 6) is 3.62. The van der Waals surface area contributed by atoms with Gasteiger partial charge in [-0.15, -0.1) is 5.69 Å². The van der Waals surface area contributed by atoms with Crippen molar-refractivity contribution >= 4 is 22.3 Å². The van der Waals surface area contributed by atoms with Crippen LogP contribution in [0.1, 0.15) is 29.7 Å². The highest BCUT2D eigenvalue weighted by Gasteiger charge is 2.17. The van der Waals surface area contributed by atoms with Gasteiger partial charge >= 0.3 is 0 Å². The van der Waals surface area contributed by atoms with Crippen LogP contribution in [0, 0.1) is 0 Å². The van der Waals surface area contributed by atoms with Crippen LogP contribution in [0.4, 0.5) is 0 Å². The number of nitrogens with one attached hydrogen (secondary N) is 1. The number of benzene rings is 4. The zero-order chi connectivity index (χ0) is 35.5. The molecule has 0 spiro atoms. The minimum atomic E-state index is -0.0579. The number of ether oxygens (including phenoxy) is 4. The summed E-state index contributed by atoms with van der Waals surface area (Å²) in [6.07, 6.45) is 6.99. The molecule has 0 unspecified atom stereocenters. The first-order valence-corrected chi connectivity index (χ1v) is 17.7. The SMILES string of the molecule is C=C1C=C(c2ccccc2)Oc2cc(OCCCCc3cn(CCNCCOCCOc4ccc(-c5cc(=O)c6ccccc6o5)cc4)[n-]3)ccc21. The molecule has 2 aromatic heterocycles. The van der Waals surface area contributed by atoms with Crippen LogP contribution in [-0.2, 0) is 17.7 Å². The summed E-state index contributed by atoms with van der Waals surface area (Å²) >= 11 is 0. The van der Waals surface area contributed by atoms with Gasteiger partial charge < -0.3 is 38.5 Å². The molecule has 7 rings (SSSR count). The van der Waals surface area contributed by atoms with Gasteiger partial charge in [-0.25, -0.2) is 0 Å². The molecule has 1 N–H and O–H groups in total. The van der Waals surface area contributed by atoms with Crippen molar-refractivity contribution in [2.45, 2.75) is 25.8 Å². The average Bonchev–Trinajstić information content (AvgIpc) is 3.16. The summed E-state index contributed by atoms with van der Waals surface area (Å²) < 4.78 is 31.6. The molecule has 1 aliphatic rings. The van der Waals surface area contributed by atoms with Crippen LogP contribution >= 0.6 is 0 Å². The van der Waals surface area contributed by atoms with E-state index in [4.69, 9.17) is 23.4 Å². The number of aromatic nitrogens is 2. The van der Waals surface area contributed by atoms with Crippen molar-refractivity contribution in [1.82, 2.24) is 15.1 Å². The summed E-state index contributed by atoms with van der Waals surface area (Å²) in [6, 6.07) is 32.3. The molecule has 0 radical (unpaired) electrons. The Bertz CT molecular complexity index is 2170. The third-order valence-electron chi connectivity index (χ3n) is 8.74. The molecule has 266 valence electrons. The maximum Gasteiger partial charge on any atom is 0.193 e. The lowest BCUT2D eigenvalue weighted by Crippen LogP contribution is -2.27. The third kappa shape index (κ3) is 8.93. The predicted octanol–water partition coefficient (Wildman–Crippen LogP) is 7.75. The number of hydrogen-bond acceptors (Lipinski definition) is 7. The summed E-state index contributed by atoms with van der Waals surface area (Å²) in [5, 5.41) is 8.57. The van der Waals surface area contributed by atoms with Crippen molar-refractivity contribution in [3.8, 4) is 28.6 Å². The zero-order valence-corrected chi connectivity index (χ0v) is 29.1. The summed E-state index contributed by atoms with van der Waals surface area (Å²) in [5.41, 5.74) is 5.39. The molecular formula is C43H42N3O6-. The molecule has 0 saturated heterocycles. The maximum absolute atomic E-state index is 12.4. The van der Waals surface area contributed by atoms with Crippen molar-refractivity contribution in [1.29, 1.82) is 0 Å². The summed E-state index contributed by atoms with van der Waals surface area (Å²) in [6.45, 7) is 8.79. The first-order valence-electron chi connectivity index (χ1n) is 17.7. The molecule has 0 atom stereocenters. The molecule has 52 heavy (non-hydrogen) atoms. The lowest BCUT2D eigenvalue weighted by Gasteiger charge is -2.29. The fourth-order valence-corrected chi connectivity index (χ4v) is 5.98. The fraction of sp³-hybridized carbons (Fsp3) is 0.233. The van der Waals surface area contributed by atoms with Gasteiger partial charge in [-0.05, 0) is 85.6 Å². The maximum atomic E-state index is 12.4. The Hall–Kier alpha value is -5.77. The second-order valence-electron chi connectivity index (χ2n) is 12.6. The van der Waals surface area contributed by atoms with Gasteiger partial charge in [-0.3, -0.25) is 4.79 Å². The van der Waals surface area contributed by atoms with Crippen molar-refractivity contribution in [3.63, 3.8) is 0 Å². The van der Waals surface area contributed by atoms with Crippen LogP contribution in [0.5, 0.6) is 17.2 Å². The number of unbranched alkanes of at least 4 members (excludes halogenated alkanes) is 1. The van der Waals surface area contributed by atoms with Crippen LogP contribution in [0.25, 0.3) is 33.6 Å². The Kier molecular flexibility index (Phi) is 11.3. The van der Waals surface area contributed by atoms with Gasteiger partial charge in [0.15, 0.2) is 5.43 Å². The predicted molar refractivity (Wildman–Crippen MR) is 204 cm³/mol. The first kappa shape index (κ1) is 34.7. The van der Waals surface area contributed by atoms with E-state index in [1.165, 1.54) is 6.07 Å². The van der Waals surface area contributed by atoms with Crippen molar-refractivity contribution < 1.29 is 23.4 Å². The third-order valence-corrected chi connectivity index (χ3v) is 8.74. The van der Waals surface area contributed by atoms with E-state index in [0.717, 1.165) is 89.9 Å². The molecule has 1 aliphatic heterocycles. The van der Waals surface area contributed by atoms with Crippen LogP contribution < -0.4 is 30.1 Å². The fourth-order valence-electron chi connectivity index (χ4n) is 5.98. The number of hydrogen-bond donors (Lipinski definition) is 1. The van der Waals surface area contributed by atoms with Gasteiger partial charge in [0.1, 0.15) is 41.0 Å². The normalized spacial score (nSPS) is 12.4. The highest BCUT2D eigenvalue weighted by molar-refractivity contribution is 5.87. The van der Waals surface area contributed by atoms with Gasteiger partial charge in [0.25, 0.3) is 0 Å². The van der Waals surface area contributed by atoms with Crippen LogP contribution in [0.15, 0.2) is 131 Å². The van der Waals surface area contributed by atoms with E-state index in [0.29, 0.717) is 43.2 Å². The Morgan fingerprint density at radius 2 is 1.56 bits per heavy atom. The van der Waals surface area contributed by atoms with Crippen molar-refractivity contribution in [3.05, 3.63) is 149 Å². The Morgan fingerprint density at radius 3 is 2.42 bits per heavy atom. The standard InChI is InChI=1S/C43H42N3O6/c1-31-27-41(32-9-3-2-4-10-32)52-43-28-36(18-19-37(31)43)49-23-8-7-11-34-30-46(45-34)22-20-44-21-24-48-25-26-50-35-16-14-33(15-17-35)42-29-39(47)38-12-5-6-13-40(38)51-42/h2-6,9-10,12-19,27-30,44H,1,7-8,11,20-26H2/q-1. The number of fused-ring (bicyclic) bond motifs is 2. The second kappa shape index (κ2) is 17.0. The topological polar surface area (TPSA) is 98.2 Å². The second-order valence-corrected chi connectivity index (χ2v) is 12.6. The largest absolute Gasteiger partial charge is 0.598 e. The van der Waals surface area contributed by atoms with E-state index in [-0.39, 0.29) is 5.43 Å². The first-order chi connectivity index (χ1) is 25.6. The lowest BCUT2D eigenvalue weighted by atomic mass is 10.0. The molecule has 0 amide bonds. The highest BCUT2D eigenvalue weighted by atomic mass is 16.5. The van der Waals surface area contributed by atoms with Crippen molar-refractivity contribution in [2.75, 3.05) is 39.5 Å². The molecular weight excluding hydrogens is 654 g/mol. The quantitative estimate of drug-likeness (QED) is 0.0912. The number of rotatable bonds is 18. The number of allylic oxidation sites excluding steroid dienone is 2. The van der Waals surface area contributed by atoms with Gasteiger partial charge in [0.05, 0.1) is 25.2 Å². The average molecular weight is 697 g/mol. The van der Waals surface area contributed by atoms with E-state index < -0.39 is 0 Å². The monoisotopic (exact) mass is 696 g/mol. The summed E-state index contributed by atoms with van der Waals surface area (Å²) in [4.78, 5) is 12.4. The number of para-hydroxylation sites is 1. The van der Waals surface area contributed by atoms with Gasteiger partial charge in [0.2, 0.25) is 0 Å².